The monoisotopic (exact) mass is 268 g/mol. The van der Waals surface area contributed by atoms with Crippen LogP contribution in [0.3, 0.4) is 0 Å². The summed E-state index contributed by atoms with van der Waals surface area (Å²) in [5.41, 5.74) is 3.90. The Morgan fingerprint density at radius 1 is 0.524 bits per heavy atom. The molecule has 21 heavy (non-hydrogen) atoms. The number of benzene rings is 4. The van der Waals surface area contributed by atoms with Gasteiger partial charge in [0.25, 0.3) is 0 Å². The smallest absolute Gasteiger partial charge is 0.0154 e. The Morgan fingerprint density at radius 3 is 2.05 bits per heavy atom. The quantitative estimate of drug-likeness (QED) is 0.399. The predicted molar refractivity (Wildman–Crippen MR) is 91.6 cm³/mol. The molecule has 4 aromatic rings. The average Bonchev–Trinajstić information content (AvgIpc) is 2.54. The van der Waals surface area contributed by atoms with Crippen LogP contribution in [0.4, 0.5) is 0 Å². The largest absolute Gasteiger partial charge is 0.0616 e. The second-order valence-corrected chi connectivity index (χ2v) is 5.58. The van der Waals surface area contributed by atoms with E-state index in [-0.39, 0.29) is 0 Å². The van der Waals surface area contributed by atoms with Crippen molar-refractivity contribution in [3.8, 4) is 11.1 Å². The second kappa shape index (κ2) is 4.75. The van der Waals surface area contributed by atoms with E-state index in [0.29, 0.717) is 0 Å². The molecule has 0 radical (unpaired) electrons. The van der Waals surface area contributed by atoms with Crippen LogP contribution in [0.1, 0.15) is 5.56 Å². The summed E-state index contributed by atoms with van der Waals surface area (Å²) < 4.78 is 0. The lowest BCUT2D eigenvalue weighted by Crippen LogP contribution is -1.84. The highest BCUT2D eigenvalue weighted by molar-refractivity contribution is 5.92. The first-order valence-corrected chi connectivity index (χ1v) is 7.30. The van der Waals surface area contributed by atoms with Crippen LogP contribution in [-0.2, 0) is 0 Å². The second-order valence-electron chi connectivity index (χ2n) is 5.58. The third-order valence-electron chi connectivity index (χ3n) is 4.15. The van der Waals surface area contributed by atoms with Gasteiger partial charge >= 0.3 is 0 Å². The Bertz CT molecular complexity index is 948. The summed E-state index contributed by atoms with van der Waals surface area (Å²) in [6.45, 7) is 2.19. The molecular formula is C21H16. The summed E-state index contributed by atoms with van der Waals surface area (Å²) in [5, 5.41) is 5.22. The fourth-order valence-electron chi connectivity index (χ4n) is 3.04. The van der Waals surface area contributed by atoms with E-state index < -0.39 is 0 Å². The van der Waals surface area contributed by atoms with Crippen LogP contribution >= 0.6 is 0 Å². The van der Waals surface area contributed by atoms with Gasteiger partial charge in [-0.2, -0.15) is 0 Å². The van der Waals surface area contributed by atoms with Crippen LogP contribution in [0.5, 0.6) is 0 Å². The third-order valence-corrected chi connectivity index (χ3v) is 4.15. The van der Waals surface area contributed by atoms with E-state index in [9.17, 15) is 0 Å². The minimum Gasteiger partial charge on any atom is -0.0616 e. The van der Waals surface area contributed by atoms with Crippen molar-refractivity contribution in [1.29, 1.82) is 0 Å². The fourth-order valence-corrected chi connectivity index (χ4v) is 3.04. The summed E-state index contributed by atoms with van der Waals surface area (Å²) in [6.07, 6.45) is 0. The zero-order valence-electron chi connectivity index (χ0n) is 12.0. The van der Waals surface area contributed by atoms with Crippen LogP contribution in [-0.4, -0.2) is 0 Å². The van der Waals surface area contributed by atoms with E-state index in [1.807, 2.05) is 0 Å². The van der Waals surface area contributed by atoms with E-state index in [0.717, 1.165) is 0 Å². The van der Waals surface area contributed by atoms with Crippen molar-refractivity contribution < 1.29 is 0 Å². The van der Waals surface area contributed by atoms with Gasteiger partial charge in [-0.15, -0.1) is 0 Å². The maximum absolute atomic E-state index is 2.28. The first-order chi connectivity index (χ1) is 10.3. The van der Waals surface area contributed by atoms with E-state index in [1.165, 1.54) is 38.2 Å². The number of hydrogen-bond acceptors (Lipinski definition) is 0. The summed E-state index contributed by atoms with van der Waals surface area (Å²) in [5.74, 6) is 0. The molecule has 0 saturated carbocycles. The molecule has 0 aliphatic carbocycles. The molecule has 4 rings (SSSR count). The zero-order chi connectivity index (χ0) is 14.2. The molecule has 0 atom stereocenters. The van der Waals surface area contributed by atoms with Gasteiger partial charge in [-0.1, -0.05) is 66.7 Å². The molecular weight excluding hydrogens is 252 g/mol. The minimum absolute atomic E-state index is 1.28. The van der Waals surface area contributed by atoms with Crippen LogP contribution in [0.15, 0.2) is 78.9 Å². The van der Waals surface area contributed by atoms with E-state index in [4.69, 9.17) is 0 Å². The lowest BCUT2D eigenvalue weighted by molar-refractivity contribution is 1.52. The minimum atomic E-state index is 1.28. The van der Waals surface area contributed by atoms with Crippen molar-refractivity contribution in [3.63, 3.8) is 0 Å². The lowest BCUT2D eigenvalue weighted by atomic mass is 9.96. The van der Waals surface area contributed by atoms with E-state index in [1.54, 1.807) is 0 Å². The number of rotatable bonds is 1. The molecule has 0 heteroatoms. The molecule has 0 amide bonds. The Kier molecular flexibility index (Phi) is 2.75. The van der Waals surface area contributed by atoms with Gasteiger partial charge in [-0.05, 0) is 57.3 Å². The van der Waals surface area contributed by atoms with E-state index in [2.05, 4.69) is 85.8 Å². The summed E-state index contributed by atoms with van der Waals surface area (Å²) in [7, 11) is 0. The highest BCUT2D eigenvalue weighted by atomic mass is 14.1. The molecule has 4 aromatic carbocycles. The molecule has 0 nitrogen and oxygen atoms in total. The highest BCUT2D eigenvalue weighted by Crippen LogP contribution is 2.29. The number of hydrogen-bond donors (Lipinski definition) is 0. The fraction of sp³-hybridized carbons (Fsp3) is 0.0476. The van der Waals surface area contributed by atoms with E-state index >= 15 is 0 Å². The van der Waals surface area contributed by atoms with Crippen molar-refractivity contribution >= 4 is 21.5 Å². The van der Waals surface area contributed by atoms with Crippen molar-refractivity contribution in [2.24, 2.45) is 0 Å². The zero-order valence-corrected chi connectivity index (χ0v) is 12.0. The molecule has 0 aliphatic heterocycles. The predicted octanol–water partition coefficient (Wildman–Crippen LogP) is 5.97. The van der Waals surface area contributed by atoms with Crippen molar-refractivity contribution in [3.05, 3.63) is 84.4 Å². The molecule has 0 bridgehead atoms. The van der Waals surface area contributed by atoms with Crippen molar-refractivity contribution in [2.75, 3.05) is 0 Å². The van der Waals surface area contributed by atoms with Crippen molar-refractivity contribution in [1.82, 2.24) is 0 Å². The maximum atomic E-state index is 2.28. The van der Waals surface area contributed by atoms with Crippen molar-refractivity contribution in [2.45, 2.75) is 6.92 Å². The van der Waals surface area contributed by atoms with Gasteiger partial charge in [-0.3, -0.25) is 0 Å². The molecule has 0 spiro atoms. The molecule has 0 unspecified atom stereocenters. The Hall–Kier alpha value is -2.60. The Balaban J connectivity index is 1.95. The van der Waals surface area contributed by atoms with Gasteiger partial charge in [0.1, 0.15) is 0 Å². The molecule has 0 aliphatic rings. The molecule has 100 valence electrons. The van der Waals surface area contributed by atoms with Gasteiger partial charge in [0.2, 0.25) is 0 Å². The first-order valence-electron chi connectivity index (χ1n) is 7.30. The van der Waals surface area contributed by atoms with Crippen LogP contribution < -0.4 is 0 Å². The Labute approximate surface area is 124 Å². The van der Waals surface area contributed by atoms with Gasteiger partial charge in [0.15, 0.2) is 0 Å². The lowest BCUT2D eigenvalue weighted by Gasteiger charge is -2.09. The molecule has 0 heterocycles. The van der Waals surface area contributed by atoms with Gasteiger partial charge in [0.05, 0.1) is 0 Å². The third kappa shape index (κ3) is 2.09. The van der Waals surface area contributed by atoms with Crippen LogP contribution in [0.25, 0.3) is 32.7 Å². The summed E-state index contributed by atoms with van der Waals surface area (Å²) >= 11 is 0. The van der Waals surface area contributed by atoms with Crippen LogP contribution in [0.2, 0.25) is 0 Å². The molecule has 0 saturated heterocycles. The highest BCUT2D eigenvalue weighted by Gasteiger charge is 2.04. The van der Waals surface area contributed by atoms with Gasteiger partial charge in [0, 0.05) is 0 Å². The molecule has 0 aromatic heterocycles. The topological polar surface area (TPSA) is 0 Å². The number of fused-ring (bicyclic) bond motifs is 2. The normalized spacial score (nSPS) is 11.1. The first kappa shape index (κ1) is 12.2. The summed E-state index contributed by atoms with van der Waals surface area (Å²) in [6, 6.07) is 28.4. The van der Waals surface area contributed by atoms with Gasteiger partial charge < -0.3 is 0 Å². The average molecular weight is 268 g/mol. The number of aryl methyl sites for hydroxylation is 1. The SMILES string of the molecule is Cc1cc(-c2ccc3ccccc3c2)cc2ccccc12. The molecule has 0 fully saturated rings. The van der Waals surface area contributed by atoms with Crippen LogP contribution in [0, 0.1) is 6.92 Å². The maximum Gasteiger partial charge on any atom is -0.0154 e. The summed E-state index contributed by atoms with van der Waals surface area (Å²) in [4.78, 5) is 0. The molecule has 0 N–H and O–H groups in total. The Morgan fingerprint density at radius 2 is 1.19 bits per heavy atom. The van der Waals surface area contributed by atoms with Gasteiger partial charge in [-0.25, -0.2) is 0 Å². The standard InChI is InChI=1S/C21H16/c1-15-12-20(14-19-8-4-5-9-21(15)19)18-11-10-16-6-2-3-7-17(16)13-18/h2-14H,1H3.